The fraction of sp³-hybridized carbons (Fsp3) is 0.133. The molecule has 0 heterocycles. The number of carbonyl (C=O) groups is 1. The first kappa shape index (κ1) is 15.0. The van der Waals surface area contributed by atoms with Crippen LogP contribution in [0.1, 0.15) is 22.8 Å². The monoisotopic (exact) mass is 356 g/mol. The van der Waals surface area contributed by atoms with Gasteiger partial charge in [0, 0.05) is 15.6 Å². The van der Waals surface area contributed by atoms with Crippen molar-refractivity contribution in [2.45, 2.75) is 6.92 Å². The molecule has 0 spiro atoms. The average molecular weight is 358 g/mol. The number of hydrogen-bond donors (Lipinski definition) is 0. The van der Waals surface area contributed by atoms with Gasteiger partial charge in [0.05, 0.1) is 11.6 Å². The van der Waals surface area contributed by atoms with Crippen LogP contribution in [0.4, 0.5) is 4.39 Å². The molecule has 2 nitrogen and oxygen atoms in total. The highest BCUT2D eigenvalue weighted by Crippen LogP contribution is 2.28. The van der Waals surface area contributed by atoms with Crippen molar-refractivity contribution >= 4 is 33.3 Å². The van der Waals surface area contributed by atoms with Gasteiger partial charge < -0.3 is 4.74 Å². The van der Waals surface area contributed by atoms with Gasteiger partial charge in [0.1, 0.15) is 11.6 Å². The van der Waals surface area contributed by atoms with Crippen LogP contribution < -0.4 is 4.74 Å². The molecule has 0 fully saturated rings. The fourth-order valence-electron chi connectivity index (χ4n) is 1.76. The number of ketones is 1. The molecule has 0 aliphatic rings. The Balaban J connectivity index is 2.41. The van der Waals surface area contributed by atoms with Gasteiger partial charge in [0.15, 0.2) is 5.78 Å². The highest BCUT2D eigenvalue weighted by Gasteiger charge is 2.18. The van der Waals surface area contributed by atoms with E-state index < -0.39 is 5.82 Å². The Morgan fingerprint density at radius 2 is 2.05 bits per heavy atom. The smallest absolute Gasteiger partial charge is 0.195 e. The first-order chi connectivity index (χ1) is 9.54. The molecular weight excluding hydrogens is 347 g/mol. The van der Waals surface area contributed by atoms with Gasteiger partial charge in [-0.1, -0.05) is 17.7 Å². The molecule has 0 saturated carbocycles. The van der Waals surface area contributed by atoms with Crippen LogP contribution in [0, 0.1) is 5.82 Å². The van der Waals surface area contributed by atoms with E-state index in [1.54, 1.807) is 18.2 Å². The number of hydrogen-bond acceptors (Lipinski definition) is 2. The standard InChI is InChI=1S/C15H11BrClFO2/c1-2-20-9-6-7-10(12(16)8-9)15(19)11-4-3-5-13(18)14(11)17/h3-8H,2H2,1H3. The van der Waals surface area contributed by atoms with Crippen molar-refractivity contribution in [2.75, 3.05) is 6.61 Å². The molecule has 104 valence electrons. The third-order valence-corrected chi connectivity index (χ3v) is 3.73. The lowest BCUT2D eigenvalue weighted by atomic mass is 10.0. The minimum absolute atomic E-state index is 0.136. The molecule has 0 saturated heterocycles. The van der Waals surface area contributed by atoms with Gasteiger partial charge in [-0.25, -0.2) is 4.39 Å². The molecule has 0 aliphatic carbocycles. The van der Waals surface area contributed by atoms with Crippen LogP contribution in [-0.2, 0) is 0 Å². The minimum atomic E-state index is -0.612. The molecule has 20 heavy (non-hydrogen) atoms. The van der Waals surface area contributed by atoms with E-state index in [9.17, 15) is 9.18 Å². The van der Waals surface area contributed by atoms with E-state index in [2.05, 4.69) is 15.9 Å². The summed E-state index contributed by atoms with van der Waals surface area (Å²) in [5.74, 6) is -0.301. The zero-order valence-electron chi connectivity index (χ0n) is 10.6. The van der Waals surface area contributed by atoms with E-state index >= 15 is 0 Å². The Morgan fingerprint density at radius 1 is 1.30 bits per heavy atom. The van der Waals surface area contributed by atoms with E-state index in [-0.39, 0.29) is 16.4 Å². The van der Waals surface area contributed by atoms with Crippen molar-refractivity contribution < 1.29 is 13.9 Å². The third kappa shape index (κ3) is 3.02. The Labute approximate surface area is 129 Å². The van der Waals surface area contributed by atoms with Crippen molar-refractivity contribution in [3.05, 3.63) is 62.8 Å². The Hall–Kier alpha value is -1.39. The molecule has 0 unspecified atom stereocenters. The maximum atomic E-state index is 13.4. The van der Waals surface area contributed by atoms with Crippen molar-refractivity contribution in [2.24, 2.45) is 0 Å². The highest BCUT2D eigenvalue weighted by molar-refractivity contribution is 9.10. The van der Waals surface area contributed by atoms with Crippen LogP contribution in [0.25, 0.3) is 0 Å². The van der Waals surface area contributed by atoms with Crippen molar-refractivity contribution in [1.29, 1.82) is 0 Å². The largest absolute Gasteiger partial charge is 0.494 e. The van der Waals surface area contributed by atoms with Crippen LogP contribution >= 0.6 is 27.5 Å². The summed E-state index contributed by atoms with van der Waals surface area (Å²) in [5.41, 5.74) is 0.539. The summed E-state index contributed by atoms with van der Waals surface area (Å²) in [6, 6.07) is 9.18. The molecule has 0 aromatic heterocycles. The predicted octanol–water partition coefficient (Wildman–Crippen LogP) is 4.87. The van der Waals surface area contributed by atoms with E-state index in [0.29, 0.717) is 22.4 Å². The second kappa shape index (κ2) is 6.37. The van der Waals surface area contributed by atoms with Crippen molar-refractivity contribution in [3.63, 3.8) is 0 Å². The van der Waals surface area contributed by atoms with Crippen molar-refractivity contribution in [3.8, 4) is 5.75 Å². The van der Waals surface area contributed by atoms with Gasteiger partial charge in [-0.3, -0.25) is 4.79 Å². The summed E-state index contributed by atoms with van der Waals surface area (Å²) < 4.78 is 19.3. The topological polar surface area (TPSA) is 26.3 Å². The molecule has 2 rings (SSSR count). The Kier molecular flexibility index (Phi) is 4.78. The molecule has 0 radical (unpaired) electrons. The van der Waals surface area contributed by atoms with E-state index in [1.807, 2.05) is 6.92 Å². The second-order valence-electron chi connectivity index (χ2n) is 4.01. The first-order valence-electron chi connectivity index (χ1n) is 5.95. The molecule has 2 aromatic rings. The molecular formula is C15H11BrClFO2. The molecule has 0 atom stereocenters. The van der Waals surface area contributed by atoms with E-state index in [4.69, 9.17) is 16.3 Å². The number of rotatable bonds is 4. The van der Waals surface area contributed by atoms with Crippen LogP contribution in [0.15, 0.2) is 40.9 Å². The van der Waals surface area contributed by atoms with Gasteiger partial charge in [-0.2, -0.15) is 0 Å². The average Bonchev–Trinajstić information content (AvgIpc) is 2.42. The lowest BCUT2D eigenvalue weighted by Crippen LogP contribution is -2.04. The molecule has 0 aliphatic heterocycles. The number of halogens is 3. The molecule has 2 aromatic carbocycles. The van der Waals surface area contributed by atoms with Crippen LogP contribution in [0.2, 0.25) is 5.02 Å². The van der Waals surface area contributed by atoms with Crippen LogP contribution in [-0.4, -0.2) is 12.4 Å². The number of carbonyl (C=O) groups excluding carboxylic acids is 1. The van der Waals surface area contributed by atoms with Gasteiger partial charge in [-0.05, 0) is 53.2 Å². The summed E-state index contributed by atoms with van der Waals surface area (Å²) in [6.07, 6.45) is 0. The second-order valence-corrected chi connectivity index (χ2v) is 5.24. The predicted molar refractivity (Wildman–Crippen MR) is 80.2 cm³/mol. The lowest BCUT2D eigenvalue weighted by Gasteiger charge is -2.08. The highest BCUT2D eigenvalue weighted by atomic mass is 79.9. The number of ether oxygens (including phenoxy) is 1. The third-order valence-electron chi connectivity index (χ3n) is 2.69. The maximum absolute atomic E-state index is 13.4. The van der Waals surface area contributed by atoms with Crippen LogP contribution in [0.5, 0.6) is 5.75 Å². The summed E-state index contributed by atoms with van der Waals surface area (Å²) >= 11 is 9.16. The van der Waals surface area contributed by atoms with E-state index in [0.717, 1.165) is 0 Å². The zero-order chi connectivity index (χ0) is 14.7. The van der Waals surface area contributed by atoms with Crippen molar-refractivity contribution in [1.82, 2.24) is 0 Å². The molecule has 0 N–H and O–H groups in total. The Bertz CT molecular complexity index is 658. The summed E-state index contributed by atoms with van der Waals surface area (Å²) in [5, 5.41) is -0.168. The molecule has 5 heteroatoms. The maximum Gasteiger partial charge on any atom is 0.195 e. The van der Waals surface area contributed by atoms with Gasteiger partial charge >= 0.3 is 0 Å². The summed E-state index contributed by atoms with van der Waals surface area (Å²) in [4.78, 5) is 12.4. The van der Waals surface area contributed by atoms with Gasteiger partial charge in [-0.15, -0.1) is 0 Å². The quantitative estimate of drug-likeness (QED) is 0.730. The number of benzene rings is 2. The fourth-order valence-corrected chi connectivity index (χ4v) is 2.51. The summed E-state index contributed by atoms with van der Waals surface area (Å²) in [7, 11) is 0. The SMILES string of the molecule is CCOc1ccc(C(=O)c2cccc(F)c2Cl)c(Br)c1. The normalized spacial score (nSPS) is 10.4. The van der Waals surface area contributed by atoms with Crippen LogP contribution in [0.3, 0.4) is 0 Å². The molecule has 0 amide bonds. The van der Waals surface area contributed by atoms with Gasteiger partial charge in [0.25, 0.3) is 0 Å². The van der Waals surface area contributed by atoms with E-state index in [1.165, 1.54) is 18.2 Å². The first-order valence-corrected chi connectivity index (χ1v) is 7.12. The van der Waals surface area contributed by atoms with Gasteiger partial charge in [0.2, 0.25) is 0 Å². The zero-order valence-corrected chi connectivity index (χ0v) is 13.0. The lowest BCUT2D eigenvalue weighted by molar-refractivity contribution is 0.103. The summed E-state index contributed by atoms with van der Waals surface area (Å²) in [6.45, 7) is 2.41. The minimum Gasteiger partial charge on any atom is -0.494 e. The molecule has 0 bridgehead atoms. The Morgan fingerprint density at radius 3 is 2.70 bits per heavy atom.